The van der Waals surface area contributed by atoms with Gasteiger partial charge < -0.3 is 14.2 Å². The predicted octanol–water partition coefficient (Wildman–Crippen LogP) is 0.286. The van der Waals surface area contributed by atoms with Crippen LogP contribution in [0, 0.1) is 0 Å². The van der Waals surface area contributed by atoms with E-state index in [-0.39, 0.29) is 11.9 Å². The molecule has 3 rings (SSSR count). The second kappa shape index (κ2) is 6.58. The molecule has 2 aliphatic heterocycles. The van der Waals surface area contributed by atoms with Crippen LogP contribution in [0.1, 0.15) is 18.7 Å². The molecule has 2 saturated heterocycles. The number of morpholine rings is 1. The Labute approximate surface area is 125 Å². The predicted molar refractivity (Wildman–Crippen MR) is 78.9 cm³/mol. The zero-order chi connectivity index (χ0) is 14.7. The van der Waals surface area contributed by atoms with Crippen molar-refractivity contribution in [3.05, 3.63) is 18.2 Å². The van der Waals surface area contributed by atoms with E-state index in [9.17, 15) is 4.79 Å². The molecule has 2 aliphatic rings. The third kappa shape index (κ3) is 3.27. The molecule has 0 aromatic carbocycles. The Morgan fingerprint density at radius 2 is 2.19 bits per heavy atom. The highest BCUT2D eigenvalue weighted by molar-refractivity contribution is 5.82. The normalized spacial score (nSPS) is 23.7. The molecule has 2 fully saturated rings. The average Bonchev–Trinajstić information content (AvgIpc) is 3.14. The topological polar surface area (TPSA) is 50.6 Å². The summed E-state index contributed by atoms with van der Waals surface area (Å²) in [6, 6.07) is 0.0587. The van der Waals surface area contributed by atoms with Crippen molar-refractivity contribution in [3.8, 4) is 0 Å². The number of amides is 1. The Hall–Kier alpha value is -1.40. The molecule has 1 atom stereocenters. The molecule has 3 heterocycles. The molecular weight excluding hydrogens is 268 g/mol. The molecule has 21 heavy (non-hydrogen) atoms. The van der Waals surface area contributed by atoms with E-state index >= 15 is 0 Å². The third-order valence-corrected chi connectivity index (χ3v) is 4.52. The van der Waals surface area contributed by atoms with Gasteiger partial charge in [0.15, 0.2) is 0 Å². The van der Waals surface area contributed by atoms with Crippen LogP contribution in [0.15, 0.2) is 12.4 Å². The molecule has 1 aromatic heterocycles. The summed E-state index contributed by atoms with van der Waals surface area (Å²) in [7, 11) is 2.02. The molecule has 0 spiro atoms. The van der Waals surface area contributed by atoms with Crippen molar-refractivity contribution in [1.82, 2.24) is 19.4 Å². The van der Waals surface area contributed by atoms with Crippen molar-refractivity contribution in [3.63, 3.8) is 0 Å². The van der Waals surface area contributed by atoms with Crippen LogP contribution in [0.25, 0.3) is 0 Å². The van der Waals surface area contributed by atoms with Gasteiger partial charge in [-0.1, -0.05) is 0 Å². The first-order valence-corrected chi connectivity index (χ1v) is 7.82. The van der Waals surface area contributed by atoms with E-state index in [1.807, 2.05) is 24.3 Å². The molecule has 0 radical (unpaired) electrons. The summed E-state index contributed by atoms with van der Waals surface area (Å²) in [5, 5.41) is 0. The number of carbonyl (C=O) groups is 1. The van der Waals surface area contributed by atoms with E-state index in [2.05, 4.69) is 14.5 Å². The average molecular weight is 292 g/mol. The van der Waals surface area contributed by atoms with Gasteiger partial charge in [0.1, 0.15) is 5.82 Å². The number of likely N-dealkylation sites (tertiary alicyclic amines) is 1. The van der Waals surface area contributed by atoms with Crippen LogP contribution in [0.2, 0.25) is 0 Å². The maximum atomic E-state index is 12.6. The van der Waals surface area contributed by atoms with Crippen molar-refractivity contribution in [1.29, 1.82) is 0 Å². The van der Waals surface area contributed by atoms with Crippen molar-refractivity contribution >= 4 is 5.91 Å². The lowest BCUT2D eigenvalue weighted by molar-refractivity contribution is -0.140. The van der Waals surface area contributed by atoms with Gasteiger partial charge >= 0.3 is 0 Å². The Kier molecular flexibility index (Phi) is 4.55. The summed E-state index contributed by atoms with van der Waals surface area (Å²) in [5.41, 5.74) is 0. The molecule has 0 aliphatic carbocycles. The summed E-state index contributed by atoms with van der Waals surface area (Å²) in [6.45, 7) is 4.75. The molecule has 0 bridgehead atoms. The lowest BCUT2D eigenvalue weighted by Gasteiger charge is -2.32. The molecule has 0 unspecified atom stereocenters. The largest absolute Gasteiger partial charge is 0.378 e. The van der Waals surface area contributed by atoms with Gasteiger partial charge in [-0.15, -0.1) is 0 Å². The molecular formula is C15H24N4O2. The Bertz CT molecular complexity index is 482. The van der Waals surface area contributed by atoms with E-state index in [0.717, 1.165) is 51.3 Å². The summed E-state index contributed by atoms with van der Waals surface area (Å²) >= 11 is 0. The van der Waals surface area contributed by atoms with E-state index in [1.165, 1.54) is 0 Å². The molecule has 1 aromatic rings. The van der Waals surface area contributed by atoms with E-state index in [0.29, 0.717) is 13.2 Å². The van der Waals surface area contributed by atoms with Gasteiger partial charge in [0.25, 0.3) is 0 Å². The molecule has 6 heteroatoms. The molecule has 1 amide bonds. The van der Waals surface area contributed by atoms with Gasteiger partial charge in [-0.3, -0.25) is 9.69 Å². The highest BCUT2D eigenvalue weighted by atomic mass is 16.5. The van der Waals surface area contributed by atoms with Crippen LogP contribution in [0.3, 0.4) is 0 Å². The summed E-state index contributed by atoms with van der Waals surface area (Å²) in [4.78, 5) is 21.3. The number of nitrogens with zero attached hydrogens (tertiary/aromatic N) is 4. The third-order valence-electron chi connectivity index (χ3n) is 4.52. The van der Waals surface area contributed by atoms with Crippen molar-refractivity contribution < 1.29 is 9.53 Å². The fourth-order valence-electron chi connectivity index (χ4n) is 3.25. The minimum Gasteiger partial charge on any atom is -0.378 e. The van der Waals surface area contributed by atoms with Crippen LogP contribution in [-0.4, -0.2) is 70.7 Å². The number of hydrogen-bond donors (Lipinski definition) is 0. The van der Waals surface area contributed by atoms with Crippen LogP contribution in [-0.2, 0) is 23.0 Å². The van der Waals surface area contributed by atoms with Gasteiger partial charge in [0.2, 0.25) is 5.91 Å². The quantitative estimate of drug-likeness (QED) is 0.800. The SMILES string of the molecule is Cn1ccnc1CCN1CCC[C@H]1C(=O)N1CCOCC1. The number of carbonyl (C=O) groups excluding carboxylic acids is 1. The van der Waals surface area contributed by atoms with Gasteiger partial charge in [-0.05, 0) is 19.4 Å². The van der Waals surface area contributed by atoms with Crippen molar-refractivity contribution in [2.75, 3.05) is 39.4 Å². The van der Waals surface area contributed by atoms with Crippen LogP contribution < -0.4 is 0 Å². The highest BCUT2D eigenvalue weighted by Crippen LogP contribution is 2.20. The van der Waals surface area contributed by atoms with Gasteiger partial charge in [-0.25, -0.2) is 4.98 Å². The Morgan fingerprint density at radius 3 is 2.90 bits per heavy atom. The second-order valence-corrected chi connectivity index (χ2v) is 5.84. The molecule has 116 valence electrons. The minimum absolute atomic E-state index is 0.0587. The molecule has 0 saturated carbocycles. The van der Waals surface area contributed by atoms with Crippen LogP contribution in [0.4, 0.5) is 0 Å². The standard InChI is InChI=1S/C15H24N4O2/c1-17-8-5-16-14(17)4-7-18-6-2-3-13(18)15(20)19-9-11-21-12-10-19/h5,8,13H,2-4,6-7,9-12H2,1H3/t13-/m0/s1. The Balaban J connectivity index is 1.57. The first-order valence-electron chi connectivity index (χ1n) is 7.82. The van der Waals surface area contributed by atoms with Crippen molar-refractivity contribution in [2.45, 2.75) is 25.3 Å². The molecule has 0 N–H and O–H groups in total. The first kappa shape index (κ1) is 14.5. The van der Waals surface area contributed by atoms with E-state index < -0.39 is 0 Å². The highest BCUT2D eigenvalue weighted by Gasteiger charge is 2.33. The number of rotatable bonds is 4. The lowest BCUT2D eigenvalue weighted by atomic mass is 10.1. The lowest BCUT2D eigenvalue weighted by Crippen LogP contribution is -2.50. The van der Waals surface area contributed by atoms with Gasteiger partial charge in [-0.2, -0.15) is 0 Å². The smallest absolute Gasteiger partial charge is 0.240 e. The Morgan fingerprint density at radius 1 is 1.38 bits per heavy atom. The van der Waals surface area contributed by atoms with Gasteiger partial charge in [0, 0.05) is 45.5 Å². The number of hydrogen-bond acceptors (Lipinski definition) is 4. The maximum absolute atomic E-state index is 12.6. The summed E-state index contributed by atoms with van der Waals surface area (Å²) in [6.07, 6.45) is 6.79. The zero-order valence-corrected chi connectivity index (χ0v) is 12.7. The molecule has 6 nitrogen and oxygen atoms in total. The number of aryl methyl sites for hydroxylation is 1. The summed E-state index contributed by atoms with van der Waals surface area (Å²) in [5.74, 6) is 1.37. The number of ether oxygens (including phenoxy) is 1. The summed E-state index contributed by atoms with van der Waals surface area (Å²) < 4.78 is 7.38. The monoisotopic (exact) mass is 292 g/mol. The minimum atomic E-state index is 0.0587. The first-order chi connectivity index (χ1) is 10.3. The van der Waals surface area contributed by atoms with Crippen molar-refractivity contribution in [2.24, 2.45) is 7.05 Å². The van der Waals surface area contributed by atoms with E-state index in [4.69, 9.17) is 4.74 Å². The zero-order valence-electron chi connectivity index (χ0n) is 12.7. The number of imidazole rings is 1. The maximum Gasteiger partial charge on any atom is 0.240 e. The number of aromatic nitrogens is 2. The fourth-order valence-corrected chi connectivity index (χ4v) is 3.25. The van der Waals surface area contributed by atoms with Crippen LogP contribution >= 0.6 is 0 Å². The van der Waals surface area contributed by atoms with E-state index in [1.54, 1.807) is 0 Å². The van der Waals surface area contributed by atoms with Crippen LogP contribution in [0.5, 0.6) is 0 Å². The van der Waals surface area contributed by atoms with Gasteiger partial charge in [0.05, 0.1) is 19.3 Å². The second-order valence-electron chi connectivity index (χ2n) is 5.84. The fraction of sp³-hybridized carbons (Fsp3) is 0.733.